The Morgan fingerprint density at radius 1 is 1.28 bits per heavy atom. The highest BCUT2D eigenvalue weighted by molar-refractivity contribution is 7.11. The van der Waals surface area contributed by atoms with Crippen LogP contribution in [0.4, 0.5) is 0 Å². The SMILES string of the molecule is CCCCCNC(=NC)NCc1sc(C)nc1C. The molecule has 1 aromatic heterocycles. The zero-order chi connectivity index (χ0) is 13.4. The average molecular weight is 268 g/mol. The summed E-state index contributed by atoms with van der Waals surface area (Å²) in [5, 5.41) is 7.77. The van der Waals surface area contributed by atoms with Gasteiger partial charge in [-0.1, -0.05) is 19.8 Å². The fourth-order valence-corrected chi connectivity index (χ4v) is 2.58. The molecule has 0 fully saturated rings. The van der Waals surface area contributed by atoms with E-state index >= 15 is 0 Å². The van der Waals surface area contributed by atoms with E-state index in [1.54, 1.807) is 18.4 Å². The van der Waals surface area contributed by atoms with Gasteiger partial charge >= 0.3 is 0 Å². The lowest BCUT2D eigenvalue weighted by atomic mass is 10.2. The molecule has 0 unspecified atom stereocenters. The van der Waals surface area contributed by atoms with Crippen molar-refractivity contribution in [3.8, 4) is 0 Å². The first-order valence-electron chi connectivity index (χ1n) is 6.54. The molecule has 0 aromatic carbocycles. The first-order chi connectivity index (χ1) is 8.67. The fourth-order valence-electron chi connectivity index (χ4n) is 1.70. The topological polar surface area (TPSA) is 49.3 Å². The van der Waals surface area contributed by atoms with Crippen molar-refractivity contribution in [1.29, 1.82) is 0 Å². The normalized spacial score (nSPS) is 11.7. The minimum Gasteiger partial charge on any atom is -0.356 e. The molecule has 1 rings (SSSR count). The highest BCUT2D eigenvalue weighted by Crippen LogP contribution is 2.16. The van der Waals surface area contributed by atoms with Crippen molar-refractivity contribution in [2.45, 2.75) is 46.6 Å². The second kappa shape index (κ2) is 8.08. The number of nitrogens with zero attached hydrogens (tertiary/aromatic N) is 2. The zero-order valence-corrected chi connectivity index (χ0v) is 12.7. The zero-order valence-electron chi connectivity index (χ0n) is 11.8. The van der Waals surface area contributed by atoms with Crippen LogP contribution in [-0.4, -0.2) is 24.5 Å². The van der Waals surface area contributed by atoms with Crippen LogP contribution in [0.3, 0.4) is 0 Å². The van der Waals surface area contributed by atoms with Crippen LogP contribution < -0.4 is 10.6 Å². The van der Waals surface area contributed by atoms with E-state index in [0.29, 0.717) is 0 Å². The largest absolute Gasteiger partial charge is 0.356 e. The summed E-state index contributed by atoms with van der Waals surface area (Å²) in [7, 11) is 1.81. The number of nitrogens with one attached hydrogen (secondary N) is 2. The van der Waals surface area contributed by atoms with Gasteiger partial charge in [-0.3, -0.25) is 4.99 Å². The summed E-state index contributed by atoms with van der Waals surface area (Å²) in [6.07, 6.45) is 3.69. The molecular formula is C13H24N4S. The first kappa shape index (κ1) is 15.0. The van der Waals surface area contributed by atoms with Gasteiger partial charge < -0.3 is 10.6 Å². The van der Waals surface area contributed by atoms with Gasteiger partial charge in [0.05, 0.1) is 17.2 Å². The van der Waals surface area contributed by atoms with Gasteiger partial charge in [0.25, 0.3) is 0 Å². The van der Waals surface area contributed by atoms with Crippen molar-refractivity contribution < 1.29 is 0 Å². The van der Waals surface area contributed by atoms with Crippen LogP contribution >= 0.6 is 11.3 Å². The third-order valence-electron chi connectivity index (χ3n) is 2.71. The Balaban J connectivity index is 2.33. The Bertz CT molecular complexity index is 384. The van der Waals surface area contributed by atoms with Gasteiger partial charge in [-0.15, -0.1) is 11.3 Å². The number of rotatable bonds is 6. The van der Waals surface area contributed by atoms with Crippen molar-refractivity contribution in [2.24, 2.45) is 4.99 Å². The van der Waals surface area contributed by atoms with Gasteiger partial charge in [0.1, 0.15) is 0 Å². The second-order valence-electron chi connectivity index (χ2n) is 4.30. The predicted octanol–water partition coefficient (Wildman–Crippen LogP) is 2.62. The van der Waals surface area contributed by atoms with Gasteiger partial charge in [0.15, 0.2) is 5.96 Å². The maximum Gasteiger partial charge on any atom is 0.191 e. The highest BCUT2D eigenvalue weighted by atomic mass is 32.1. The number of unbranched alkanes of at least 4 members (excludes halogenated alkanes) is 2. The number of thiazole rings is 1. The van der Waals surface area contributed by atoms with Gasteiger partial charge in [-0.25, -0.2) is 4.98 Å². The van der Waals surface area contributed by atoms with E-state index in [9.17, 15) is 0 Å². The lowest BCUT2D eigenvalue weighted by molar-refractivity contribution is 0.683. The first-order valence-corrected chi connectivity index (χ1v) is 7.36. The van der Waals surface area contributed by atoms with Gasteiger partial charge in [-0.2, -0.15) is 0 Å². The number of aryl methyl sites for hydroxylation is 2. The smallest absolute Gasteiger partial charge is 0.191 e. The van der Waals surface area contributed by atoms with E-state index in [1.165, 1.54) is 24.1 Å². The highest BCUT2D eigenvalue weighted by Gasteiger charge is 2.05. The fraction of sp³-hybridized carbons (Fsp3) is 0.692. The summed E-state index contributed by atoms with van der Waals surface area (Å²) >= 11 is 1.74. The molecule has 0 radical (unpaired) electrons. The number of guanidine groups is 1. The van der Waals surface area contributed by atoms with E-state index in [0.717, 1.165) is 29.8 Å². The maximum atomic E-state index is 4.42. The number of hydrogen-bond acceptors (Lipinski definition) is 3. The second-order valence-corrected chi connectivity index (χ2v) is 5.59. The van der Waals surface area contributed by atoms with E-state index in [2.05, 4.69) is 34.5 Å². The van der Waals surface area contributed by atoms with Crippen LogP contribution in [0.2, 0.25) is 0 Å². The standard InChI is InChI=1S/C13H24N4S/c1-5-6-7-8-15-13(14-4)16-9-12-10(2)17-11(3)18-12/h5-9H2,1-4H3,(H2,14,15,16). The molecule has 0 aliphatic rings. The van der Waals surface area contributed by atoms with E-state index in [1.807, 2.05) is 6.92 Å². The Morgan fingerprint density at radius 3 is 2.61 bits per heavy atom. The molecule has 4 nitrogen and oxygen atoms in total. The van der Waals surface area contributed by atoms with Crippen molar-refractivity contribution in [3.05, 3.63) is 15.6 Å². The summed E-state index contributed by atoms with van der Waals surface area (Å²) in [6.45, 7) is 8.08. The molecule has 0 bridgehead atoms. The molecule has 0 aliphatic carbocycles. The molecule has 1 aromatic rings. The molecule has 0 spiro atoms. The minimum absolute atomic E-state index is 0.796. The maximum absolute atomic E-state index is 4.42. The number of hydrogen-bond donors (Lipinski definition) is 2. The lowest BCUT2D eigenvalue weighted by Gasteiger charge is -2.11. The molecular weight excluding hydrogens is 244 g/mol. The Hall–Kier alpha value is -1.10. The summed E-state index contributed by atoms with van der Waals surface area (Å²) < 4.78 is 0. The Kier molecular flexibility index (Phi) is 6.72. The summed E-state index contributed by atoms with van der Waals surface area (Å²) in [6, 6.07) is 0. The quantitative estimate of drug-likeness (QED) is 0.474. The molecule has 0 aliphatic heterocycles. The van der Waals surface area contributed by atoms with Gasteiger partial charge in [0, 0.05) is 18.5 Å². The molecule has 0 atom stereocenters. The lowest BCUT2D eigenvalue weighted by Crippen LogP contribution is -2.37. The molecule has 0 saturated heterocycles. The van der Waals surface area contributed by atoms with Crippen LogP contribution in [-0.2, 0) is 6.54 Å². The third kappa shape index (κ3) is 5.04. The van der Waals surface area contributed by atoms with Crippen molar-refractivity contribution in [1.82, 2.24) is 15.6 Å². The average Bonchev–Trinajstić information content (AvgIpc) is 2.67. The van der Waals surface area contributed by atoms with E-state index < -0.39 is 0 Å². The summed E-state index contributed by atoms with van der Waals surface area (Å²) in [5.74, 6) is 0.872. The Labute approximate surface area is 114 Å². The van der Waals surface area contributed by atoms with Crippen LogP contribution in [0.15, 0.2) is 4.99 Å². The van der Waals surface area contributed by atoms with E-state index in [-0.39, 0.29) is 0 Å². The van der Waals surface area contributed by atoms with E-state index in [4.69, 9.17) is 0 Å². The molecule has 18 heavy (non-hydrogen) atoms. The van der Waals surface area contributed by atoms with Crippen molar-refractivity contribution in [3.63, 3.8) is 0 Å². The Morgan fingerprint density at radius 2 is 2.06 bits per heavy atom. The number of aliphatic imine (C=N–C) groups is 1. The van der Waals surface area contributed by atoms with Crippen LogP contribution in [0.25, 0.3) is 0 Å². The van der Waals surface area contributed by atoms with Gasteiger partial charge in [-0.05, 0) is 20.3 Å². The van der Waals surface area contributed by atoms with Crippen LogP contribution in [0, 0.1) is 13.8 Å². The number of aromatic nitrogens is 1. The van der Waals surface area contributed by atoms with Crippen molar-refractivity contribution >= 4 is 17.3 Å². The minimum atomic E-state index is 0.796. The predicted molar refractivity (Wildman–Crippen MR) is 79.3 cm³/mol. The molecule has 1 heterocycles. The molecule has 0 amide bonds. The van der Waals surface area contributed by atoms with Gasteiger partial charge in [0.2, 0.25) is 0 Å². The van der Waals surface area contributed by atoms with Crippen LogP contribution in [0.1, 0.15) is 41.8 Å². The molecule has 5 heteroatoms. The molecule has 102 valence electrons. The molecule has 2 N–H and O–H groups in total. The van der Waals surface area contributed by atoms with Crippen LogP contribution in [0.5, 0.6) is 0 Å². The van der Waals surface area contributed by atoms with Crippen molar-refractivity contribution in [2.75, 3.05) is 13.6 Å². The third-order valence-corrected chi connectivity index (χ3v) is 3.79. The monoisotopic (exact) mass is 268 g/mol. The summed E-state index contributed by atoms with van der Waals surface area (Å²) in [5.41, 5.74) is 1.12. The summed E-state index contributed by atoms with van der Waals surface area (Å²) in [4.78, 5) is 9.92. The molecule has 0 saturated carbocycles.